The molecule has 1 aromatic rings. The van der Waals surface area contributed by atoms with Crippen LogP contribution < -0.4 is 0 Å². The molecule has 1 aromatic heterocycles. The molecular weight excluding hydrogens is 254 g/mol. The monoisotopic (exact) mass is 279 g/mol. The van der Waals surface area contributed by atoms with E-state index in [2.05, 4.69) is 0 Å². The molecule has 0 saturated carbocycles. The van der Waals surface area contributed by atoms with Crippen molar-refractivity contribution in [2.24, 2.45) is 5.92 Å². The van der Waals surface area contributed by atoms with Gasteiger partial charge >= 0.3 is 6.09 Å². The molecule has 4 heteroatoms. The summed E-state index contributed by atoms with van der Waals surface area (Å²) in [4.78, 5) is 13.8. The quantitative estimate of drug-likeness (QED) is 0.767. The summed E-state index contributed by atoms with van der Waals surface area (Å²) in [6.07, 6.45) is 5.29. The highest BCUT2D eigenvalue weighted by molar-refractivity contribution is 5.68. The molecule has 1 amide bonds. The first-order valence-corrected chi connectivity index (χ1v) is 6.88. The largest absolute Gasteiger partial charge is 0.467 e. The first-order chi connectivity index (χ1) is 9.26. The standard InChI is InChI=1S/C16H25NO3/c1-7-9-12(2)14(13-10-8-11-19-13)17(6)15(18)20-16(3,4)5/h7-12,14H,1-6H3/b9-7+/t12-,14+/m1/s1. The van der Waals surface area contributed by atoms with Gasteiger partial charge in [0.2, 0.25) is 0 Å². The van der Waals surface area contributed by atoms with E-state index in [0.717, 1.165) is 5.76 Å². The molecule has 0 fully saturated rings. The average molecular weight is 279 g/mol. The first kappa shape index (κ1) is 16.3. The molecule has 4 nitrogen and oxygen atoms in total. The number of nitrogens with zero attached hydrogens (tertiary/aromatic N) is 1. The molecule has 0 aromatic carbocycles. The number of amides is 1. The topological polar surface area (TPSA) is 42.7 Å². The van der Waals surface area contributed by atoms with E-state index in [1.165, 1.54) is 0 Å². The number of allylic oxidation sites excluding steroid dienone is 1. The zero-order valence-corrected chi connectivity index (χ0v) is 13.2. The third-order valence-corrected chi connectivity index (χ3v) is 2.93. The lowest BCUT2D eigenvalue weighted by molar-refractivity contribution is 0.0164. The van der Waals surface area contributed by atoms with Gasteiger partial charge in [-0.25, -0.2) is 4.79 Å². The number of carbonyl (C=O) groups is 1. The maximum absolute atomic E-state index is 12.2. The highest BCUT2D eigenvalue weighted by Gasteiger charge is 2.30. The van der Waals surface area contributed by atoms with Crippen LogP contribution >= 0.6 is 0 Å². The van der Waals surface area contributed by atoms with E-state index >= 15 is 0 Å². The molecule has 0 saturated heterocycles. The van der Waals surface area contributed by atoms with Crippen molar-refractivity contribution in [1.82, 2.24) is 4.90 Å². The first-order valence-electron chi connectivity index (χ1n) is 6.88. The molecule has 20 heavy (non-hydrogen) atoms. The fourth-order valence-electron chi connectivity index (χ4n) is 2.12. The van der Waals surface area contributed by atoms with Crippen molar-refractivity contribution in [2.75, 3.05) is 7.05 Å². The fourth-order valence-corrected chi connectivity index (χ4v) is 2.12. The van der Waals surface area contributed by atoms with Crippen LogP contribution in [0.3, 0.4) is 0 Å². The summed E-state index contributed by atoms with van der Waals surface area (Å²) in [5, 5.41) is 0. The second kappa shape index (κ2) is 6.64. The summed E-state index contributed by atoms with van der Waals surface area (Å²) in [5.41, 5.74) is -0.511. The number of carbonyl (C=O) groups excluding carboxylic acids is 1. The summed E-state index contributed by atoms with van der Waals surface area (Å²) in [5.74, 6) is 0.882. The minimum Gasteiger partial charge on any atom is -0.467 e. The third-order valence-electron chi connectivity index (χ3n) is 2.93. The van der Waals surface area contributed by atoms with Gasteiger partial charge in [-0.15, -0.1) is 0 Å². The van der Waals surface area contributed by atoms with Crippen molar-refractivity contribution in [3.63, 3.8) is 0 Å². The number of ether oxygens (including phenoxy) is 1. The van der Waals surface area contributed by atoms with E-state index in [4.69, 9.17) is 9.15 Å². The number of hydrogen-bond donors (Lipinski definition) is 0. The van der Waals surface area contributed by atoms with E-state index in [1.807, 2.05) is 58.9 Å². The lowest BCUT2D eigenvalue weighted by Gasteiger charge is -2.32. The SMILES string of the molecule is C/C=C/[C@@H](C)[C@@H](c1ccco1)N(C)C(=O)OC(C)(C)C. The van der Waals surface area contributed by atoms with Gasteiger partial charge in [0.15, 0.2) is 0 Å². The zero-order chi connectivity index (χ0) is 15.3. The highest BCUT2D eigenvalue weighted by atomic mass is 16.6. The second-order valence-corrected chi connectivity index (χ2v) is 5.94. The van der Waals surface area contributed by atoms with E-state index in [-0.39, 0.29) is 18.1 Å². The van der Waals surface area contributed by atoms with Gasteiger partial charge in [-0.05, 0) is 39.8 Å². The van der Waals surface area contributed by atoms with Crippen molar-refractivity contribution in [1.29, 1.82) is 0 Å². The molecule has 1 rings (SSSR count). The van der Waals surface area contributed by atoms with Gasteiger partial charge in [-0.1, -0.05) is 19.1 Å². The summed E-state index contributed by atoms with van der Waals surface area (Å²) >= 11 is 0. The Labute approximate surface area is 121 Å². The van der Waals surface area contributed by atoms with Crippen molar-refractivity contribution >= 4 is 6.09 Å². The van der Waals surface area contributed by atoms with Gasteiger partial charge in [0, 0.05) is 13.0 Å². The van der Waals surface area contributed by atoms with Crippen molar-refractivity contribution in [3.8, 4) is 0 Å². The molecule has 0 spiro atoms. The van der Waals surface area contributed by atoms with Crippen molar-refractivity contribution < 1.29 is 13.9 Å². The fraction of sp³-hybridized carbons (Fsp3) is 0.562. The van der Waals surface area contributed by atoms with Crippen LogP contribution in [0.25, 0.3) is 0 Å². The average Bonchev–Trinajstić information content (AvgIpc) is 2.80. The Hall–Kier alpha value is -1.71. The van der Waals surface area contributed by atoms with Gasteiger partial charge in [0.05, 0.1) is 12.3 Å². The molecule has 0 radical (unpaired) electrons. The predicted molar refractivity (Wildman–Crippen MR) is 79.4 cm³/mol. The van der Waals surface area contributed by atoms with E-state index < -0.39 is 5.60 Å². The van der Waals surface area contributed by atoms with E-state index in [9.17, 15) is 4.79 Å². The van der Waals surface area contributed by atoms with Crippen LogP contribution in [0.2, 0.25) is 0 Å². The molecule has 2 atom stereocenters. The minimum absolute atomic E-state index is 0.128. The Balaban J connectivity index is 2.96. The van der Waals surface area contributed by atoms with Crippen LogP contribution in [-0.4, -0.2) is 23.6 Å². The number of furan rings is 1. The summed E-state index contributed by atoms with van der Waals surface area (Å²) in [6.45, 7) is 9.58. The van der Waals surface area contributed by atoms with Crippen LogP contribution in [0.1, 0.15) is 46.4 Å². The summed E-state index contributed by atoms with van der Waals surface area (Å²) < 4.78 is 10.9. The Morgan fingerprint density at radius 2 is 2.10 bits per heavy atom. The van der Waals surface area contributed by atoms with Crippen LogP contribution in [0.4, 0.5) is 4.79 Å². The molecule has 0 aliphatic carbocycles. The van der Waals surface area contributed by atoms with Gasteiger partial charge in [0.1, 0.15) is 11.4 Å². The molecule has 0 bridgehead atoms. The van der Waals surface area contributed by atoms with Crippen molar-refractivity contribution in [2.45, 2.75) is 46.3 Å². The number of hydrogen-bond acceptors (Lipinski definition) is 3. The molecule has 1 heterocycles. The molecule has 0 aliphatic heterocycles. The molecule has 0 aliphatic rings. The van der Waals surface area contributed by atoms with E-state index in [1.54, 1.807) is 18.2 Å². The van der Waals surface area contributed by atoms with Crippen LogP contribution in [-0.2, 0) is 4.74 Å². The molecular formula is C16H25NO3. The predicted octanol–water partition coefficient (Wildman–Crippen LogP) is 4.40. The Morgan fingerprint density at radius 3 is 2.55 bits per heavy atom. The van der Waals surface area contributed by atoms with Gasteiger partial charge in [-0.3, -0.25) is 0 Å². The Morgan fingerprint density at radius 1 is 1.45 bits per heavy atom. The highest BCUT2D eigenvalue weighted by Crippen LogP contribution is 2.30. The smallest absolute Gasteiger partial charge is 0.410 e. The van der Waals surface area contributed by atoms with Crippen LogP contribution in [0.15, 0.2) is 35.0 Å². The Kier molecular flexibility index (Phi) is 5.43. The lowest BCUT2D eigenvalue weighted by Crippen LogP contribution is -2.38. The minimum atomic E-state index is -0.511. The van der Waals surface area contributed by atoms with Crippen LogP contribution in [0.5, 0.6) is 0 Å². The maximum Gasteiger partial charge on any atom is 0.410 e. The summed E-state index contributed by atoms with van der Waals surface area (Å²) in [7, 11) is 1.74. The molecule has 112 valence electrons. The van der Waals surface area contributed by atoms with Gasteiger partial charge in [0.25, 0.3) is 0 Å². The van der Waals surface area contributed by atoms with E-state index in [0.29, 0.717) is 0 Å². The Bertz CT molecular complexity index is 443. The van der Waals surface area contributed by atoms with Gasteiger partial charge in [-0.2, -0.15) is 0 Å². The van der Waals surface area contributed by atoms with Crippen LogP contribution in [0, 0.1) is 5.92 Å². The third kappa shape index (κ3) is 4.44. The number of rotatable bonds is 4. The normalized spacial score (nSPS) is 15.1. The lowest BCUT2D eigenvalue weighted by atomic mass is 9.98. The molecule has 0 N–H and O–H groups in total. The summed E-state index contributed by atoms with van der Waals surface area (Å²) in [6, 6.07) is 3.52. The van der Waals surface area contributed by atoms with Crippen molar-refractivity contribution in [3.05, 3.63) is 36.3 Å². The maximum atomic E-state index is 12.2. The zero-order valence-electron chi connectivity index (χ0n) is 13.2. The molecule has 0 unspecified atom stereocenters. The van der Waals surface area contributed by atoms with Gasteiger partial charge < -0.3 is 14.1 Å². The second-order valence-electron chi connectivity index (χ2n) is 5.94.